The molecule has 19 heavy (non-hydrogen) atoms. The second-order valence-electron chi connectivity index (χ2n) is 4.78. The molecule has 1 rings (SSSR count). The van der Waals surface area contributed by atoms with Crippen molar-refractivity contribution in [1.29, 1.82) is 0 Å². The van der Waals surface area contributed by atoms with E-state index in [-0.39, 0.29) is 11.9 Å². The molecule has 0 bridgehead atoms. The Balaban J connectivity index is 2.44. The van der Waals surface area contributed by atoms with Gasteiger partial charge in [0.15, 0.2) is 0 Å². The first-order valence-electron chi connectivity index (χ1n) is 6.99. The van der Waals surface area contributed by atoms with E-state index in [1.165, 1.54) is 18.6 Å². The highest BCUT2D eigenvalue weighted by molar-refractivity contribution is 6.31. The molecular formula is C15H24ClFN2. The van der Waals surface area contributed by atoms with Gasteiger partial charge >= 0.3 is 0 Å². The number of hydrogen-bond acceptors (Lipinski definition) is 2. The van der Waals surface area contributed by atoms with Gasteiger partial charge < -0.3 is 10.2 Å². The van der Waals surface area contributed by atoms with E-state index in [0.717, 1.165) is 31.7 Å². The minimum atomic E-state index is -0.291. The quantitative estimate of drug-likeness (QED) is 0.781. The predicted molar refractivity (Wildman–Crippen MR) is 80.2 cm³/mol. The molecule has 0 spiro atoms. The van der Waals surface area contributed by atoms with Gasteiger partial charge in [0.25, 0.3) is 0 Å². The second-order valence-corrected chi connectivity index (χ2v) is 5.18. The fraction of sp³-hybridized carbons (Fsp3) is 0.600. The van der Waals surface area contributed by atoms with Gasteiger partial charge in [0, 0.05) is 24.2 Å². The molecule has 0 aliphatic heterocycles. The monoisotopic (exact) mass is 286 g/mol. The zero-order chi connectivity index (χ0) is 14.3. The van der Waals surface area contributed by atoms with Crippen LogP contribution in [0.2, 0.25) is 5.02 Å². The van der Waals surface area contributed by atoms with Gasteiger partial charge in [0.1, 0.15) is 5.82 Å². The summed E-state index contributed by atoms with van der Waals surface area (Å²) in [6, 6.07) is 4.70. The number of halogens is 2. The van der Waals surface area contributed by atoms with Gasteiger partial charge in [0.05, 0.1) is 0 Å². The highest BCUT2D eigenvalue weighted by atomic mass is 35.5. The fourth-order valence-corrected chi connectivity index (χ4v) is 2.48. The van der Waals surface area contributed by atoms with Crippen molar-refractivity contribution in [2.45, 2.75) is 33.2 Å². The molecule has 0 aromatic heterocycles. The average Bonchev–Trinajstić information content (AvgIpc) is 2.37. The maximum atomic E-state index is 13.0. The van der Waals surface area contributed by atoms with E-state index in [4.69, 9.17) is 11.6 Å². The Bertz CT molecular complexity index is 384. The van der Waals surface area contributed by atoms with Crippen LogP contribution in [0.25, 0.3) is 0 Å². The van der Waals surface area contributed by atoms with Gasteiger partial charge in [-0.25, -0.2) is 4.39 Å². The lowest BCUT2D eigenvalue weighted by atomic mass is 10.1. The largest absolute Gasteiger partial charge is 0.309 e. The van der Waals surface area contributed by atoms with Crippen molar-refractivity contribution in [1.82, 2.24) is 10.2 Å². The first-order valence-corrected chi connectivity index (χ1v) is 7.37. The van der Waals surface area contributed by atoms with E-state index in [2.05, 4.69) is 31.0 Å². The van der Waals surface area contributed by atoms with Crippen LogP contribution >= 0.6 is 11.6 Å². The van der Waals surface area contributed by atoms with Gasteiger partial charge in [-0.2, -0.15) is 0 Å². The Labute approximate surface area is 120 Å². The zero-order valence-corrected chi connectivity index (χ0v) is 12.8. The lowest BCUT2D eigenvalue weighted by Gasteiger charge is -2.22. The highest BCUT2D eigenvalue weighted by Crippen LogP contribution is 2.23. The van der Waals surface area contributed by atoms with Gasteiger partial charge in [-0.3, -0.25) is 0 Å². The van der Waals surface area contributed by atoms with Crippen LogP contribution in [0.4, 0.5) is 4.39 Å². The van der Waals surface area contributed by atoms with Crippen molar-refractivity contribution in [2.24, 2.45) is 0 Å². The summed E-state index contributed by atoms with van der Waals surface area (Å²) in [7, 11) is 0. The number of likely N-dealkylation sites (N-methyl/N-ethyl adjacent to an activating group) is 1. The summed E-state index contributed by atoms with van der Waals surface area (Å²) in [6.07, 6.45) is 1.17. The van der Waals surface area contributed by atoms with Gasteiger partial charge in [-0.15, -0.1) is 0 Å². The van der Waals surface area contributed by atoms with Crippen LogP contribution in [0, 0.1) is 5.82 Å². The second kappa shape index (κ2) is 8.51. The van der Waals surface area contributed by atoms with Crippen LogP contribution in [0.1, 0.15) is 38.8 Å². The summed E-state index contributed by atoms with van der Waals surface area (Å²) in [6.45, 7) is 10.5. The van der Waals surface area contributed by atoms with Crippen LogP contribution in [0.15, 0.2) is 18.2 Å². The van der Waals surface area contributed by atoms with E-state index in [0.29, 0.717) is 5.02 Å². The SMILES string of the molecule is CCCN(CC)CCNC(C)c1ccc(F)cc1Cl. The van der Waals surface area contributed by atoms with Crippen LogP contribution < -0.4 is 5.32 Å². The summed E-state index contributed by atoms with van der Waals surface area (Å²) in [4.78, 5) is 2.41. The molecule has 0 aliphatic carbocycles. The summed E-state index contributed by atoms with van der Waals surface area (Å²) in [5.41, 5.74) is 0.946. The first-order chi connectivity index (χ1) is 9.08. The molecule has 2 nitrogen and oxygen atoms in total. The average molecular weight is 287 g/mol. The maximum Gasteiger partial charge on any atom is 0.124 e. The van der Waals surface area contributed by atoms with Gasteiger partial charge in [-0.05, 0) is 44.1 Å². The molecule has 1 aromatic carbocycles. The molecule has 0 aliphatic rings. The predicted octanol–water partition coefficient (Wildman–Crippen LogP) is 3.86. The Morgan fingerprint density at radius 3 is 2.63 bits per heavy atom. The van der Waals surface area contributed by atoms with Crippen molar-refractivity contribution in [3.63, 3.8) is 0 Å². The molecule has 0 fully saturated rings. The lowest BCUT2D eigenvalue weighted by Crippen LogP contribution is -2.33. The molecule has 1 atom stereocenters. The molecule has 1 unspecified atom stereocenters. The third-order valence-corrected chi connectivity index (χ3v) is 3.62. The van der Waals surface area contributed by atoms with E-state index in [1.54, 1.807) is 6.07 Å². The molecule has 1 N–H and O–H groups in total. The molecule has 0 heterocycles. The normalized spacial score (nSPS) is 12.9. The number of benzene rings is 1. The Morgan fingerprint density at radius 2 is 2.05 bits per heavy atom. The van der Waals surface area contributed by atoms with Crippen molar-refractivity contribution in [3.05, 3.63) is 34.6 Å². The summed E-state index contributed by atoms with van der Waals surface area (Å²) < 4.78 is 13.0. The first kappa shape index (κ1) is 16.4. The summed E-state index contributed by atoms with van der Waals surface area (Å²) in [5, 5.41) is 3.92. The van der Waals surface area contributed by atoms with Gasteiger partial charge in [-0.1, -0.05) is 31.5 Å². The van der Waals surface area contributed by atoms with Crippen molar-refractivity contribution in [3.8, 4) is 0 Å². The molecule has 0 amide bonds. The smallest absolute Gasteiger partial charge is 0.124 e. The molecule has 108 valence electrons. The zero-order valence-electron chi connectivity index (χ0n) is 12.0. The van der Waals surface area contributed by atoms with Crippen LogP contribution in [0.3, 0.4) is 0 Å². The number of nitrogens with one attached hydrogen (secondary N) is 1. The highest BCUT2D eigenvalue weighted by Gasteiger charge is 2.10. The van der Waals surface area contributed by atoms with E-state index in [1.807, 2.05) is 0 Å². The molecule has 0 saturated heterocycles. The Hall–Kier alpha value is -0.640. The third kappa shape index (κ3) is 5.47. The van der Waals surface area contributed by atoms with Crippen LogP contribution in [-0.4, -0.2) is 31.1 Å². The molecule has 1 aromatic rings. The Morgan fingerprint density at radius 1 is 1.32 bits per heavy atom. The summed E-state index contributed by atoms with van der Waals surface area (Å²) in [5.74, 6) is -0.291. The van der Waals surface area contributed by atoms with E-state index < -0.39 is 0 Å². The van der Waals surface area contributed by atoms with Crippen LogP contribution in [-0.2, 0) is 0 Å². The van der Waals surface area contributed by atoms with E-state index in [9.17, 15) is 4.39 Å². The fourth-order valence-electron chi connectivity index (χ4n) is 2.15. The number of rotatable bonds is 8. The number of hydrogen-bond donors (Lipinski definition) is 1. The van der Waals surface area contributed by atoms with Crippen LogP contribution in [0.5, 0.6) is 0 Å². The minimum Gasteiger partial charge on any atom is -0.309 e. The van der Waals surface area contributed by atoms with Crippen molar-refractivity contribution < 1.29 is 4.39 Å². The standard InChI is InChI=1S/C15H24ClFN2/c1-4-9-19(5-2)10-8-18-12(3)14-7-6-13(17)11-15(14)16/h6-7,11-12,18H,4-5,8-10H2,1-3H3. The van der Waals surface area contributed by atoms with Gasteiger partial charge in [0.2, 0.25) is 0 Å². The maximum absolute atomic E-state index is 13.0. The number of nitrogens with zero attached hydrogens (tertiary/aromatic N) is 1. The van der Waals surface area contributed by atoms with Crippen molar-refractivity contribution in [2.75, 3.05) is 26.2 Å². The summed E-state index contributed by atoms with van der Waals surface area (Å²) >= 11 is 6.05. The van der Waals surface area contributed by atoms with Crippen molar-refractivity contribution >= 4 is 11.6 Å². The molecule has 0 radical (unpaired) electrons. The lowest BCUT2D eigenvalue weighted by molar-refractivity contribution is 0.284. The molecule has 4 heteroatoms. The minimum absolute atomic E-state index is 0.133. The van der Waals surface area contributed by atoms with E-state index >= 15 is 0 Å². The molecule has 0 saturated carbocycles. The topological polar surface area (TPSA) is 15.3 Å². The molecular weight excluding hydrogens is 263 g/mol. The third-order valence-electron chi connectivity index (χ3n) is 3.29. The Kier molecular flexibility index (Phi) is 7.36.